The summed E-state index contributed by atoms with van der Waals surface area (Å²) < 4.78 is 13.6. The zero-order valence-electron chi connectivity index (χ0n) is 16.5. The van der Waals surface area contributed by atoms with Crippen molar-refractivity contribution in [3.63, 3.8) is 0 Å². The Balaban J connectivity index is 1.27. The first-order valence-electron chi connectivity index (χ1n) is 10.6. The SMILES string of the molecule is O=C(CN1CCN(C(=O)C2(c3cccc(F)c3)CC2)CC1)NC1CCCCC1. The highest BCUT2D eigenvalue weighted by Crippen LogP contribution is 2.49. The zero-order valence-corrected chi connectivity index (χ0v) is 16.5. The topological polar surface area (TPSA) is 52.7 Å². The monoisotopic (exact) mass is 387 g/mol. The van der Waals surface area contributed by atoms with Crippen LogP contribution in [0.4, 0.5) is 4.39 Å². The standard InChI is InChI=1S/C22H30FN3O2/c23-18-6-4-5-17(15-18)22(9-10-22)21(28)26-13-11-25(12-14-26)16-20(27)24-19-7-2-1-3-8-19/h4-6,15,19H,1-3,7-14,16H2,(H,24,27). The summed E-state index contributed by atoms with van der Waals surface area (Å²) in [6.45, 7) is 3.10. The van der Waals surface area contributed by atoms with Gasteiger partial charge in [0.1, 0.15) is 5.82 Å². The fourth-order valence-corrected chi connectivity index (χ4v) is 4.67. The maximum Gasteiger partial charge on any atom is 0.234 e. The molecule has 3 fully saturated rings. The van der Waals surface area contributed by atoms with E-state index in [1.54, 1.807) is 6.07 Å². The van der Waals surface area contributed by atoms with Gasteiger partial charge in [0, 0.05) is 32.2 Å². The zero-order chi connectivity index (χ0) is 19.6. The van der Waals surface area contributed by atoms with Crippen molar-refractivity contribution >= 4 is 11.8 Å². The van der Waals surface area contributed by atoms with Crippen LogP contribution < -0.4 is 5.32 Å². The third-order valence-electron chi connectivity index (χ3n) is 6.53. The van der Waals surface area contributed by atoms with Crippen molar-refractivity contribution in [1.29, 1.82) is 0 Å². The second-order valence-corrected chi connectivity index (χ2v) is 8.56. The number of rotatable bonds is 5. The number of nitrogens with zero attached hydrogens (tertiary/aromatic N) is 2. The molecule has 0 radical (unpaired) electrons. The Morgan fingerprint density at radius 3 is 2.43 bits per heavy atom. The molecule has 0 bridgehead atoms. The maximum absolute atomic E-state index is 13.6. The van der Waals surface area contributed by atoms with Crippen molar-refractivity contribution in [3.8, 4) is 0 Å². The molecule has 28 heavy (non-hydrogen) atoms. The van der Waals surface area contributed by atoms with Crippen LogP contribution in [0.1, 0.15) is 50.5 Å². The van der Waals surface area contributed by atoms with E-state index in [1.165, 1.54) is 31.4 Å². The van der Waals surface area contributed by atoms with Gasteiger partial charge in [0.2, 0.25) is 11.8 Å². The molecule has 2 saturated carbocycles. The molecule has 2 aliphatic carbocycles. The summed E-state index contributed by atoms with van der Waals surface area (Å²) in [6, 6.07) is 6.80. The van der Waals surface area contributed by atoms with Gasteiger partial charge in [0.05, 0.1) is 12.0 Å². The van der Waals surface area contributed by atoms with Crippen molar-refractivity contribution in [2.45, 2.75) is 56.4 Å². The van der Waals surface area contributed by atoms with Gasteiger partial charge in [0.25, 0.3) is 0 Å². The predicted molar refractivity (Wildman–Crippen MR) is 105 cm³/mol. The molecule has 1 heterocycles. The summed E-state index contributed by atoms with van der Waals surface area (Å²) in [5.41, 5.74) is 0.273. The molecule has 6 heteroatoms. The first-order chi connectivity index (χ1) is 13.6. The Morgan fingerprint density at radius 1 is 1.07 bits per heavy atom. The van der Waals surface area contributed by atoms with E-state index >= 15 is 0 Å². The Hall–Kier alpha value is -1.95. The third kappa shape index (κ3) is 4.22. The van der Waals surface area contributed by atoms with Crippen molar-refractivity contribution in [1.82, 2.24) is 15.1 Å². The van der Waals surface area contributed by atoms with Crippen LogP contribution in [-0.2, 0) is 15.0 Å². The van der Waals surface area contributed by atoms with E-state index in [4.69, 9.17) is 0 Å². The van der Waals surface area contributed by atoms with E-state index < -0.39 is 5.41 Å². The lowest BCUT2D eigenvalue weighted by Crippen LogP contribution is -2.53. The van der Waals surface area contributed by atoms with E-state index in [0.29, 0.717) is 38.8 Å². The molecule has 1 aliphatic heterocycles. The molecule has 1 N–H and O–H groups in total. The van der Waals surface area contributed by atoms with Crippen LogP contribution in [0.15, 0.2) is 24.3 Å². The fourth-order valence-electron chi connectivity index (χ4n) is 4.67. The van der Waals surface area contributed by atoms with Crippen molar-refractivity contribution in [3.05, 3.63) is 35.6 Å². The summed E-state index contributed by atoms with van der Waals surface area (Å²) in [4.78, 5) is 29.4. The number of hydrogen-bond acceptors (Lipinski definition) is 3. The summed E-state index contributed by atoms with van der Waals surface area (Å²) in [6.07, 6.45) is 7.46. The number of halogens is 1. The lowest BCUT2D eigenvalue weighted by molar-refractivity contribution is -0.136. The Bertz CT molecular complexity index is 720. The van der Waals surface area contributed by atoms with Gasteiger partial charge in [-0.05, 0) is 43.4 Å². The number of amides is 2. The van der Waals surface area contributed by atoms with E-state index in [1.807, 2.05) is 11.0 Å². The molecule has 152 valence electrons. The molecule has 3 aliphatic rings. The van der Waals surface area contributed by atoms with Crippen LogP contribution in [0.5, 0.6) is 0 Å². The summed E-state index contributed by atoms with van der Waals surface area (Å²) in [5.74, 6) is -0.0696. The average molecular weight is 387 g/mol. The normalized spacial score (nSPS) is 22.7. The van der Waals surface area contributed by atoms with Crippen LogP contribution in [0.3, 0.4) is 0 Å². The Labute approximate surface area is 166 Å². The molecule has 1 aromatic rings. The molecular formula is C22H30FN3O2. The number of benzene rings is 1. The minimum Gasteiger partial charge on any atom is -0.352 e. The van der Waals surface area contributed by atoms with E-state index in [9.17, 15) is 14.0 Å². The molecule has 5 nitrogen and oxygen atoms in total. The minimum absolute atomic E-state index is 0.102. The molecule has 1 aromatic carbocycles. The smallest absolute Gasteiger partial charge is 0.234 e. The quantitative estimate of drug-likeness (QED) is 0.844. The summed E-state index contributed by atoms with van der Waals surface area (Å²) in [5, 5.41) is 3.16. The Kier molecular flexibility index (Phi) is 5.67. The lowest BCUT2D eigenvalue weighted by Gasteiger charge is -2.36. The molecule has 2 amide bonds. The second kappa shape index (κ2) is 8.19. The molecule has 1 saturated heterocycles. The highest BCUT2D eigenvalue weighted by atomic mass is 19.1. The molecule has 0 unspecified atom stereocenters. The van der Waals surface area contributed by atoms with E-state index in [-0.39, 0.29) is 17.6 Å². The fraction of sp³-hybridized carbons (Fsp3) is 0.636. The highest BCUT2D eigenvalue weighted by Gasteiger charge is 2.53. The largest absolute Gasteiger partial charge is 0.352 e. The van der Waals surface area contributed by atoms with Crippen LogP contribution in [0, 0.1) is 5.82 Å². The van der Waals surface area contributed by atoms with E-state index in [0.717, 1.165) is 31.2 Å². The first-order valence-corrected chi connectivity index (χ1v) is 10.6. The molecular weight excluding hydrogens is 357 g/mol. The van der Waals surface area contributed by atoms with Crippen molar-refractivity contribution in [2.75, 3.05) is 32.7 Å². The van der Waals surface area contributed by atoms with Gasteiger partial charge >= 0.3 is 0 Å². The summed E-state index contributed by atoms with van der Waals surface area (Å²) in [7, 11) is 0. The highest BCUT2D eigenvalue weighted by molar-refractivity contribution is 5.91. The third-order valence-corrected chi connectivity index (χ3v) is 6.53. The number of piperazine rings is 1. The van der Waals surface area contributed by atoms with Gasteiger partial charge in [-0.1, -0.05) is 31.4 Å². The summed E-state index contributed by atoms with van der Waals surface area (Å²) >= 11 is 0. The number of carbonyl (C=O) groups excluding carboxylic acids is 2. The Morgan fingerprint density at radius 2 is 1.79 bits per heavy atom. The molecule has 0 atom stereocenters. The van der Waals surface area contributed by atoms with Crippen LogP contribution in [0.2, 0.25) is 0 Å². The number of hydrogen-bond donors (Lipinski definition) is 1. The van der Waals surface area contributed by atoms with Gasteiger partial charge in [-0.2, -0.15) is 0 Å². The lowest BCUT2D eigenvalue weighted by atomic mass is 9.94. The van der Waals surface area contributed by atoms with Gasteiger partial charge in [-0.3, -0.25) is 14.5 Å². The van der Waals surface area contributed by atoms with Crippen LogP contribution >= 0.6 is 0 Å². The maximum atomic E-state index is 13.6. The van der Waals surface area contributed by atoms with Crippen molar-refractivity contribution in [2.24, 2.45) is 0 Å². The van der Waals surface area contributed by atoms with Gasteiger partial charge < -0.3 is 10.2 Å². The second-order valence-electron chi connectivity index (χ2n) is 8.56. The number of carbonyl (C=O) groups is 2. The van der Waals surface area contributed by atoms with E-state index in [2.05, 4.69) is 10.2 Å². The van der Waals surface area contributed by atoms with Gasteiger partial charge in [-0.15, -0.1) is 0 Å². The molecule has 0 aromatic heterocycles. The van der Waals surface area contributed by atoms with Gasteiger partial charge in [-0.25, -0.2) is 4.39 Å². The molecule has 4 rings (SSSR count). The van der Waals surface area contributed by atoms with Crippen LogP contribution in [-0.4, -0.2) is 60.4 Å². The minimum atomic E-state index is -0.525. The molecule has 0 spiro atoms. The van der Waals surface area contributed by atoms with Gasteiger partial charge in [0.15, 0.2) is 0 Å². The average Bonchev–Trinajstić information content (AvgIpc) is 3.51. The first kappa shape index (κ1) is 19.4. The van der Waals surface area contributed by atoms with Crippen LogP contribution in [0.25, 0.3) is 0 Å². The predicted octanol–water partition coefficient (Wildman–Crippen LogP) is 2.45. The number of nitrogens with one attached hydrogen (secondary N) is 1. The van der Waals surface area contributed by atoms with Crippen molar-refractivity contribution < 1.29 is 14.0 Å².